The number of rotatable bonds is 6. The number of aliphatic hydroxyl groups is 1. The molecule has 4 N–H and O–H groups in total. The maximum absolute atomic E-state index is 12.1. The van der Waals surface area contributed by atoms with Gasteiger partial charge in [-0.05, 0) is 50.3 Å². The molecule has 8 heteroatoms. The minimum Gasteiger partial charge on any atom is -0.380 e. The number of carbonyl (C=O) groups is 1. The van der Waals surface area contributed by atoms with Crippen LogP contribution >= 0.6 is 11.6 Å². The molecule has 1 saturated carbocycles. The van der Waals surface area contributed by atoms with Gasteiger partial charge in [0.15, 0.2) is 5.82 Å². The topological polar surface area (TPSA) is 104 Å². The quantitative estimate of drug-likeness (QED) is 0.666. The van der Waals surface area contributed by atoms with Gasteiger partial charge in [-0.3, -0.25) is 4.79 Å². The molecule has 2 heterocycles. The van der Waals surface area contributed by atoms with Gasteiger partial charge in [-0.2, -0.15) is 0 Å². The van der Waals surface area contributed by atoms with E-state index in [0.29, 0.717) is 36.2 Å². The van der Waals surface area contributed by atoms with Crippen LogP contribution in [-0.4, -0.2) is 46.2 Å². The number of nitrogens with one attached hydrogen (secondary N) is 1. The summed E-state index contributed by atoms with van der Waals surface area (Å²) in [7, 11) is 0. The van der Waals surface area contributed by atoms with Gasteiger partial charge in [0.2, 0.25) is 0 Å². The second-order valence-corrected chi connectivity index (χ2v) is 8.46. The fourth-order valence-corrected chi connectivity index (χ4v) is 3.75. The van der Waals surface area contributed by atoms with Gasteiger partial charge in [0.1, 0.15) is 11.4 Å². The number of carbonyl (C=O) groups excluding carboxylic acids is 1. The number of aryl methyl sites for hydroxylation is 1. The monoisotopic (exact) mass is 415 g/mol. The normalized spacial score (nSPS) is 20.0. The van der Waals surface area contributed by atoms with Crippen molar-refractivity contribution in [2.24, 2.45) is 11.7 Å². The number of amides is 1. The summed E-state index contributed by atoms with van der Waals surface area (Å²) in [6.07, 6.45) is 3.79. The molecule has 1 amide bonds. The first-order chi connectivity index (χ1) is 13.9. The molecule has 1 unspecified atom stereocenters. The Morgan fingerprint density at radius 1 is 1.45 bits per heavy atom. The van der Waals surface area contributed by atoms with Gasteiger partial charge >= 0.3 is 0 Å². The lowest BCUT2D eigenvalue weighted by atomic mass is 10.1. The van der Waals surface area contributed by atoms with Gasteiger partial charge in [0.25, 0.3) is 5.91 Å². The van der Waals surface area contributed by atoms with E-state index in [1.165, 1.54) is 0 Å². The van der Waals surface area contributed by atoms with E-state index in [1.807, 2.05) is 25.1 Å². The summed E-state index contributed by atoms with van der Waals surface area (Å²) >= 11 is 6.28. The number of nitrogens with zero attached hydrogens (tertiary/aromatic N) is 3. The summed E-state index contributed by atoms with van der Waals surface area (Å²) in [6, 6.07) is 5.77. The third-order valence-corrected chi connectivity index (χ3v) is 6.18. The lowest BCUT2D eigenvalue weighted by Crippen LogP contribution is -2.36. The number of halogens is 1. The molecule has 1 aromatic heterocycles. The van der Waals surface area contributed by atoms with E-state index in [2.05, 4.69) is 15.2 Å². The highest BCUT2D eigenvalue weighted by Crippen LogP contribution is 2.35. The van der Waals surface area contributed by atoms with E-state index >= 15 is 0 Å². The molecule has 0 radical (unpaired) electrons. The molecule has 2 aliphatic rings. The minimum absolute atomic E-state index is 0.273. The zero-order chi connectivity index (χ0) is 20.6. The molecule has 4 rings (SSSR count). The molecule has 0 bridgehead atoms. The third kappa shape index (κ3) is 4.22. The number of benzene rings is 1. The molecule has 1 aliphatic carbocycles. The molecule has 1 saturated heterocycles. The zero-order valence-corrected chi connectivity index (χ0v) is 17.2. The number of hydrogen-bond donors (Lipinski definition) is 3. The summed E-state index contributed by atoms with van der Waals surface area (Å²) in [5.41, 5.74) is 7.33. The fraction of sp³-hybridized carbons (Fsp3) is 0.476. The van der Waals surface area contributed by atoms with Crippen molar-refractivity contribution in [2.75, 3.05) is 24.5 Å². The Balaban J connectivity index is 1.62. The second kappa shape index (κ2) is 7.89. The summed E-state index contributed by atoms with van der Waals surface area (Å²) in [5.74, 6) is 1.48. The predicted molar refractivity (Wildman–Crippen MR) is 113 cm³/mol. The van der Waals surface area contributed by atoms with Gasteiger partial charge in [-0.1, -0.05) is 23.7 Å². The first kappa shape index (κ1) is 20.1. The van der Waals surface area contributed by atoms with E-state index in [4.69, 9.17) is 22.3 Å². The summed E-state index contributed by atoms with van der Waals surface area (Å²) < 4.78 is 0. The van der Waals surface area contributed by atoms with Crippen LogP contribution in [0.4, 0.5) is 5.82 Å². The SMILES string of the molecule is Cc1ccc(-c2ncc(CNC(=O)C3(O)CC3)c(N3CCC(CN)C3)n2)cc1Cl. The molecule has 154 valence electrons. The van der Waals surface area contributed by atoms with Crippen LogP contribution in [0.1, 0.15) is 30.4 Å². The van der Waals surface area contributed by atoms with Crippen molar-refractivity contribution in [2.45, 2.75) is 38.3 Å². The molecule has 2 fully saturated rings. The van der Waals surface area contributed by atoms with Crippen LogP contribution in [0.5, 0.6) is 0 Å². The van der Waals surface area contributed by atoms with E-state index in [1.54, 1.807) is 6.20 Å². The maximum atomic E-state index is 12.1. The molecule has 0 spiro atoms. The van der Waals surface area contributed by atoms with Gasteiger partial charge in [-0.15, -0.1) is 0 Å². The van der Waals surface area contributed by atoms with Crippen molar-refractivity contribution in [1.82, 2.24) is 15.3 Å². The lowest BCUT2D eigenvalue weighted by molar-refractivity contribution is -0.131. The Morgan fingerprint density at radius 2 is 2.24 bits per heavy atom. The van der Waals surface area contributed by atoms with Gasteiger partial charge in [0, 0.05) is 42.0 Å². The first-order valence-corrected chi connectivity index (χ1v) is 10.4. The molecule has 1 atom stereocenters. The average molecular weight is 416 g/mol. The van der Waals surface area contributed by atoms with Crippen LogP contribution in [0.3, 0.4) is 0 Å². The Morgan fingerprint density at radius 3 is 2.90 bits per heavy atom. The largest absolute Gasteiger partial charge is 0.380 e. The van der Waals surface area contributed by atoms with E-state index in [0.717, 1.165) is 42.0 Å². The number of nitrogens with two attached hydrogens (primary N) is 1. The Hall–Kier alpha value is -2.22. The molecule has 1 aliphatic heterocycles. The van der Waals surface area contributed by atoms with Crippen LogP contribution in [0, 0.1) is 12.8 Å². The molecule has 2 aromatic rings. The van der Waals surface area contributed by atoms with Crippen LogP contribution in [0.15, 0.2) is 24.4 Å². The van der Waals surface area contributed by atoms with Crippen molar-refractivity contribution in [3.05, 3.63) is 40.5 Å². The van der Waals surface area contributed by atoms with Crippen molar-refractivity contribution in [3.63, 3.8) is 0 Å². The number of hydrogen-bond acceptors (Lipinski definition) is 6. The van der Waals surface area contributed by atoms with Gasteiger partial charge in [0.05, 0.1) is 0 Å². The van der Waals surface area contributed by atoms with Crippen LogP contribution < -0.4 is 16.0 Å². The highest BCUT2D eigenvalue weighted by atomic mass is 35.5. The van der Waals surface area contributed by atoms with Crippen LogP contribution in [0.2, 0.25) is 5.02 Å². The number of aromatic nitrogens is 2. The van der Waals surface area contributed by atoms with Gasteiger partial charge in [-0.25, -0.2) is 9.97 Å². The Bertz CT molecular complexity index is 931. The van der Waals surface area contributed by atoms with Crippen LogP contribution in [-0.2, 0) is 11.3 Å². The third-order valence-electron chi connectivity index (χ3n) is 5.78. The first-order valence-electron chi connectivity index (χ1n) is 9.98. The molecular weight excluding hydrogens is 390 g/mol. The van der Waals surface area contributed by atoms with Crippen molar-refractivity contribution in [1.29, 1.82) is 0 Å². The zero-order valence-electron chi connectivity index (χ0n) is 16.5. The van der Waals surface area contributed by atoms with Crippen molar-refractivity contribution >= 4 is 23.3 Å². The van der Waals surface area contributed by atoms with E-state index in [9.17, 15) is 9.90 Å². The molecule has 29 heavy (non-hydrogen) atoms. The Kier molecular flexibility index (Phi) is 5.46. The molecule has 7 nitrogen and oxygen atoms in total. The summed E-state index contributed by atoms with van der Waals surface area (Å²) in [5, 5.41) is 13.5. The smallest absolute Gasteiger partial charge is 0.252 e. The second-order valence-electron chi connectivity index (χ2n) is 8.06. The highest BCUT2D eigenvalue weighted by Gasteiger charge is 2.47. The lowest BCUT2D eigenvalue weighted by Gasteiger charge is -2.22. The Labute approximate surface area is 175 Å². The van der Waals surface area contributed by atoms with E-state index < -0.39 is 5.60 Å². The fourth-order valence-electron chi connectivity index (χ4n) is 3.57. The van der Waals surface area contributed by atoms with E-state index in [-0.39, 0.29) is 12.5 Å². The van der Waals surface area contributed by atoms with Crippen LogP contribution in [0.25, 0.3) is 11.4 Å². The summed E-state index contributed by atoms with van der Waals surface area (Å²) in [4.78, 5) is 23.7. The standard InChI is InChI=1S/C21H26ClN5O2/c1-13-2-3-15(8-17(13)22)18-24-10-16(11-25-20(28)21(29)5-6-21)19(26-18)27-7-4-14(9-23)12-27/h2-3,8,10,14,29H,4-7,9,11-12,23H2,1H3,(H,25,28). The molecule has 1 aromatic carbocycles. The highest BCUT2D eigenvalue weighted by molar-refractivity contribution is 6.31. The minimum atomic E-state index is -1.20. The summed E-state index contributed by atoms with van der Waals surface area (Å²) in [6.45, 7) is 4.55. The van der Waals surface area contributed by atoms with Gasteiger partial charge < -0.3 is 21.1 Å². The van der Waals surface area contributed by atoms with Crippen molar-refractivity contribution in [3.8, 4) is 11.4 Å². The average Bonchev–Trinajstić information content (AvgIpc) is 3.30. The maximum Gasteiger partial charge on any atom is 0.252 e. The number of anilines is 1. The predicted octanol–water partition coefficient (Wildman–Crippen LogP) is 2.03. The molecular formula is C21H26ClN5O2. The van der Waals surface area contributed by atoms with Crippen molar-refractivity contribution < 1.29 is 9.90 Å².